The zero-order valence-electron chi connectivity index (χ0n) is 19.7. The highest BCUT2D eigenvalue weighted by molar-refractivity contribution is 6.05. The van der Waals surface area contributed by atoms with Crippen molar-refractivity contribution >= 4 is 23.3 Å². The number of likely N-dealkylation sites (N-methyl/N-ethyl adjacent to an activating group) is 2. The molecular formula is C23H30F3N7O. The summed E-state index contributed by atoms with van der Waals surface area (Å²) in [5.41, 5.74) is 5.89. The van der Waals surface area contributed by atoms with Crippen LogP contribution in [0.1, 0.15) is 31.0 Å². The molecule has 3 aliphatic rings. The van der Waals surface area contributed by atoms with Crippen molar-refractivity contribution in [3.63, 3.8) is 0 Å². The summed E-state index contributed by atoms with van der Waals surface area (Å²) in [5, 5.41) is 3.16. The number of benzene rings is 1. The second-order valence-corrected chi connectivity index (χ2v) is 9.11. The standard InChI is InChI=1S/C23H30F3N7O/c1-13(15-9-16(23(24,25)26)11-17(27)10-15)28-20-18-12-19(32(4)21(18)30-14(2)29-20)22(34)33-7-5-31(3)6-8-33/h9-13,18,21H,5-8,27H2,1-4H3,(H,28,29,30)/t13-,18?,21?/m1/s1. The van der Waals surface area contributed by atoms with Crippen molar-refractivity contribution in [1.29, 1.82) is 0 Å². The fourth-order valence-electron chi connectivity index (χ4n) is 4.52. The van der Waals surface area contributed by atoms with Crippen LogP contribution in [0, 0.1) is 5.92 Å². The third-order valence-corrected chi connectivity index (χ3v) is 6.52. The highest BCUT2D eigenvalue weighted by Gasteiger charge is 2.42. The molecule has 1 aromatic carbocycles. The van der Waals surface area contributed by atoms with Gasteiger partial charge in [-0.25, -0.2) is 4.99 Å². The van der Waals surface area contributed by atoms with Crippen LogP contribution in [0.2, 0.25) is 0 Å². The lowest BCUT2D eigenvalue weighted by Crippen LogP contribution is -2.50. The Hall–Kier alpha value is -3.08. The topological polar surface area (TPSA) is 89.6 Å². The first kappa shape index (κ1) is 24.1. The maximum absolute atomic E-state index is 13.3. The first-order valence-corrected chi connectivity index (χ1v) is 11.2. The predicted octanol–water partition coefficient (Wildman–Crippen LogP) is 2.31. The van der Waals surface area contributed by atoms with Crippen LogP contribution in [0.15, 0.2) is 40.0 Å². The summed E-state index contributed by atoms with van der Waals surface area (Å²) in [6, 6.07) is 2.91. The van der Waals surface area contributed by atoms with Crippen LogP contribution in [-0.2, 0) is 11.0 Å². The molecule has 0 aliphatic carbocycles. The Morgan fingerprint density at radius 2 is 1.88 bits per heavy atom. The number of halogens is 3. The molecule has 0 spiro atoms. The third kappa shape index (κ3) is 4.75. The van der Waals surface area contributed by atoms with E-state index in [-0.39, 0.29) is 23.7 Å². The number of nitrogens with zero attached hydrogens (tertiary/aromatic N) is 5. The molecule has 0 radical (unpaired) electrons. The van der Waals surface area contributed by atoms with E-state index in [0.29, 0.717) is 36.0 Å². The SMILES string of the molecule is CC1=NC2C(C=C(C(=O)N3CCN(C)CC3)N2C)C(=N[C@H](C)c2cc(N)cc(C(F)(F)F)c2)N1. The molecule has 3 N–H and O–H groups in total. The number of anilines is 1. The van der Waals surface area contributed by atoms with Gasteiger partial charge >= 0.3 is 6.18 Å². The van der Waals surface area contributed by atoms with E-state index < -0.39 is 17.8 Å². The van der Waals surface area contributed by atoms with Gasteiger partial charge in [0.25, 0.3) is 5.91 Å². The number of nitrogen functional groups attached to an aromatic ring is 1. The first-order valence-electron chi connectivity index (χ1n) is 11.2. The fourth-order valence-corrected chi connectivity index (χ4v) is 4.52. The van der Waals surface area contributed by atoms with Crippen molar-refractivity contribution in [3.05, 3.63) is 41.1 Å². The summed E-state index contributed by atoms with van der Waals surface area (Å²) < 4.78 is 39.8. The van der Waals surface area contributed by atoms with Crippen LogP contribution < -0.4 is 11.1 Å². The van der Waals surface area contributed by atoms with Gasteiger partial charge in [-0.05, 0) is 50.7 Å². The second-order valence-electron chi connectivity index (χ2n) is 9.11. The molecule has 1 amide bonds. The summed E-state index contributed by atoms with van der Waals surface area (Å²) in [6.45, 7) is 6.47. The first-order chi connectivity index (χ1) is 15.9. The van der Waals surface area contributed by atoms with Crippen LogP contribution in [0.25, 0.3) is 0 Å². The average molecular weight is 478 g/mol. The Kier molecular flexibility index (Phi) is 6.32. The highest BCUT2D eigenvalue weighted by Crippen LogP contribution is 2.35. The highest BCUT2D eigenvalue weighted by atomic mass is 19.4. The maximum Gasteiger partial charge on any atom is 0.416 e. The molecule has 11 heteroatoms. The van der Waals surface area contributed by atoms with Gasteiger partial charge in [0.15, 0.2) is 0 Å². The minimum atomic E-state index is -4.50. The molecule has 0 bridgehead atoms. The Morgan fingerprint density at radius 1 is 1.21 bits per heavy atom. The Balaban J connectivity index is 1.62. The molecule has 2 unspecified atom stereocenters. The molecule has 3 atom stereocenters. The summed E-state index contributed by atoms with van der Waals surface area (Å²) in [6.07, 6.45) is -2.98. The van der Waals surface area contributed by atoms with Crippen molar-refractivity contribution < 1.29 is 18.0 Å². The number of fused-ring (bicyclic) bond motifs is 1. The Morgan fingerprint density at radius 3 is 2.53 bits per heavy atom. The number of rotatable bonds is 3. The maximum atomic E-state index is 13.3. The monoisotopic (exact) mass is 477 g/mol. The van der Waals surface area contributed by atoms with Crippen molar-refractivity contribution in [2.24, 2.45) is 15.9 Å². The second kappa shape index (κ2) is 8.94. The van der Waals surface area contributed by atoms with Gasteiger partial charge in [-0.15, -0.1) is 0 Å². The van der Waals surface area contributed by atoms with Crippen LogP contribution in [-0.4, -0.2) is 78.7 Å². The number of hydrogen-bond donors (Lipinski definition) is 2. The number of carbonyl (C=O) groups is 1. The quantitative estimate of drug-likeness (QED) is 0.653. The molecule has 0 saturated carbocycles. The van der Waals surface area contributed by atoms with E-state index in [1.54, 1.807) is 13.8 Å². The van der Waals surface area contributed by atoms with Gasteiger partial charge in [0.1, 0.15) is 23.5 Å². The van der Waals surface area contributed by atoms with Gasteiger partial charge in [0, 0.05) is 38.9 Å². The summed E-state index contributed by atoms with van der Waals surface area (Å²) in [5.74, 6) is 0.833. The normalized spacial score (nSPS) is 25.6. The largest absolute Gasteiger partial charge is 0.416 e. The summed E-state index contributed by atoms with van der Waals surface area (Å²) in [4.78, 5) is 28.5. The molecule has 3 aliphatic heterocycles. The lowest BCUT2D eigenvalue weighted by molar-refractivity contribution is -0.137. The number of aliphatic imine (C=N–C) groups is 2. The average Bonchev–Trinajstić information content (AvgIpc) is 3.09. The number of nitrogens with two attached hydrogens (primary N) is 1. The van der Waals surface area contributed by atoms with Crippen molar-refractivity contribution in [2.75, 3.05) is 46.0 Å². The molecule has 34 heavy (non-hydrogen) atoms. The Bertz CT molecular complexity index is 1060. The minimum absolute atomic E-state index is 0.0321. The third-order valence-electron chi connectivity index (χ3n) is 6.52. The van der Waals surface area contributed by atoms with E-state index in [1.807, 2.05) is 30.0 Å². The molecule has 1 aromatic rings. The van der Waals surface area contributed by atoms with Crippen molar-refractivity contribution in [2.45, 2.75) is 32.2 Å². The number of carbonyl (C=O) groups excluding carboxylic acids is 1. The number of amides is 1. The molecule has 8 nitrogen and oxygen atoms in total. The van der Waals surface area contributed by atoms with Crippen molar-refractivity contribution in [1.82, 2.24) is 20.0 Å². The van der Waals surface area contributed by atoms with E-state index in [1.165, 1.54) is 6.07 Å². The number of nitrogens with one attached hydrogen (secondary N) is 1. The summed E-state index contributed by atoms with van der Waals surface area (Å²) >= 11 is 0. The van der Waals surface area contributed by atoms with Crippen molar-refractivity contribution in [3.8, 4) is 0 Å². The number of amidine groups is 2. The van der Waals surface area contributed by atoms with Gasteiger partial charge in [-0.2, -0.15) is 13.2 Å². The molecule has 1 fully saturated rings. The van der Waals surface area contributed by atoms with E-state index in [2.05, 4.69) is 15.2 Å². The number of hydrogen-bond acceptors (Lipinski definition) is 6. The van der Waals surface area contributed by atoms with E-state index in [0.717, 1.165) is 25.2 Å². The number of piperazine rings is 1. The van der Waals surface area contributed by atoms with E-state index >= 15 is 0 Å². The summed E-state index contributed by atoms with van der Waals surface area (Å²) in [7, 11) is 3.86. The van der Waals surface area contributed by atoms with E-state index in [4.69, 9.17) is 10.7 Å². The van der Waals surface area contributed by atoms with Gasteiger partial charge in [-0.3, -0.25) is 9.79 Å². The minimum Gasteiger partial charge on any atom is -0.399 e. The number of alkyl halides is 3. The molecule has 3 heterocycles. The van der Waals surface area contributed by atoms with Gasteiger partial charge in [0.2, 0.25) is 0 Å². The molecule has 4 rings (SSSR count). The van der Waals surface area contributed by atoms with Crippen LogP contribution in [0.4, 0.5) is 18.9 Å². The Labute approximate surface area is 197 Å². The van der Waals surface area contributed by atoms with Gasteiger partial charge in [-0.1, -0.05) is 0 Å². The van der Waals surface area contributed by atoms with Crippen LogP contribution in [0.5, 0.6) is 0 Å². The van der Waals surface area contributed by atoms with E-state index in [9.17, 15) is 18.0 Å². The molecule has 184 valence electrons. The lowest BCUT2D eigenvalue weighted by atomic mass is 10.0. The van der Waals surface area contributed by atoms with Gasteiger partial charge in [0.05, 0.1) is 17.5 Å². The molecule has 0 aromatic heterocycles. The zero-order chi connectivity index (χ0) is 24.8. The molecular weight excluding hydrogens is 447 g/mol. The smallest absolute Gasteiger partial charge is 0.399 e. The molecule has 1 saturated heterocycles. The fraction of sp³-hybridized carbons (Fsp3) is 0.522. The van der Waals surface area contributed by atoms with Crippen LogP contribution >= 0.6 is 0 Å². The lowest BCUT2D eigenvalue weighted by Gasteiger charge is -2.35. The predicted molar refractivity (Wildman–Crippen MR) is 125 cm³/mol. The van der Waals surface area contributed by atoms with Gasteiger partial charge < -0.3 is 25.8 Å². The van der Waals surface area contributed by atoms with Crippen LogP contribution in [0.3, 0.4) is 0 Å². The zero-order valence-corrected chi connectivity index (χ0v) is 19.7.